The van der Waals surface area contributed by atoms with Crippen LogP contribution in [0.5, 0.6) is 0 Å². The van der Waals surface area contributed by atoms with Gasteiger partial charge in [-0.1, -0.05) is 6.92 Å². The van der Waals surface area contributed by atoms with Crippen LogP contribution >= 0.6 is 0 Å². The van der Waals surface area contributed by atoms with Crippen LogP contribution in [-0.4, -0.2) is 23.0 Å². The Morgan fingerprint density at radius 1 is 1.53 bits per heavy atom. The predicted octanol–water partition coefficient (Wildman–Crippen LogP) is 3.19. The lowest BCUT2D eigenvalue weighted by Gasteiger charge is -2.48. The molecular weight excluding hydrogens is 184 g/mol. The SMILES string of the molecule is CCC(C)N1CC(CC#N)CCC1(C)C. The van der Waals surface area contributed by atoms with Gasteiger partial charge in [0.15, 0.2) is 0 Å². The summed E-state index contributed by atoms with van der Waals surface area (Å²) < 4.78 is 0. The van der Waals surface area contributed by atoms with E-state index in [0.29, 0.717) is 17.5 Å². The predicted molar refractivity (Wildman–Crippen MR) is 63.5 cm³/mol. The van der Waals surface area contributed by atoms with Gasteiger partial charge in [-0.15, -0.1) is 0 Å². The van der Waals surface area contributed by atoms with E-state index in [1.165, 1.54) is 19.3 Å². The van der Waals surface area contributed by atoms with E-state index in [1.54, 1.807) is 0 Å². The molecule has 0 radical (unpaired) electrons. The summed E-state index contributed by atoms with van der Waals surface area (Å²) in [5.74, 6) is 0.594. The van der Waals surface area contributed by atoms with Gasteiger partial charge in [0.1, 0.15) is 0 Å². The highest BCUT2D eigenvalue weighted by molar-refractivity contribution is 4.93. The van der Waals surface area contributed by atoms with Crippen molar-refractivity contribution < 1.29 is 0 Å². The molecule has 1 saturated heterocycles. The van der Waals surface area contributed by atoms with Crippen molar-refractivity contribution in [3.63, 3.8) is 0 Å². The maximum absolute atomic E-state index is 8.76. The Hall–Kier alpha value is -0.550. The molecule has 0 spiro atoms. The van der Waals surface area contributed by atoms with E-state index in [0.717, 1.165) is 13.0 Å². The number of rotatable bonds is 3. The molecule has 0 aromatic carbocycles. The smallest absolute Gasteiger partial charge is 0.0625 e. The van der Waals surface area contributed by atoms with Gasteiger partial charge in [-0.2, -0.15) is 5.26 Å². The molecule has 0 saturated carbocycles. The first kappa shape index (κ1) is 12.5. The van der Waals surface area contributed by atoms with Crippen molar-refractivity contribution in [1.29, 1.82) is 5.26 Å². The third-order valence-electron chi connectivity index (χ3n) is 3.90. The number of piperidine rings is 1. The van der Waals surface area contributed by atoms with Crippen molar-refractivity contribution in [2.24, 2.45) is 5.92 Å². The Balaban J connectivity index is 2.66. The highest BCUT2D eigenvalue weighted by Crippen LogP contribution is 2.33. The van der Waals surface area contributed by atoms with Gasteiger partial charge in [0, 0.05) is 24.5 Å². The third kappa shape index (κ3) is 2.95. The van der Waals surface area contributed by atoms with Crippen LogP contribution in [0.1, 0.15) is 53.4 Å². The van der Waals surface area contributed by atoms with Crippen LogP contribution < -0.4 is 0 Å². The van der Waals surface area contributed by atoms with Crippen molar-refractivity contribution >= 4 is 0 Å². The summed E-state index contributed by atoms with van der Waals surface area (Å²) in [6.07, 6.45) is 4.36. The summed E-state index contributed by atoms with van der Waals surface area (Å²) in [5.41, 5.74) is 0.321. The van der Waals surface area contributed by atoms with Crippen molar-refractivity contribution in [2.45, 2.75) is 65.0 Å². The van der Waals surface area contributed by atoms with E-state index in [-0.39, 0.29) is 0 Å². The molecule has 0 bridgehead atoms. The Morgan fingerprint density at radius 2 is 2.20 bits per heavy atom. The molecule has 2 nitrogen and oxygen atoms in total. The molecule has 0 amide bonds. The number of nitriles is 1. The molecule has 0 aliphatic carbocycles. The van der Waals surface area contributed by atoms with Crippen LogP contribution in [-0.2, 0) is 0 Å². The zero-order chi connectivity index (χ0) is 11.5. The third-order valence-corrected chi connectivity index (χ3v) is 3.90. The van der Waals surface area contributed by atoms with Gasteiger partial charge in [-0.05, 0) is 46.0 Å². The molecule has 0 N–H and O–H groups in total. The molecule has 1 aliphatic heterocycles. The molecule has 15 heavy (non-hydrogen) atoms. The van der Waals surface area contributed by atoms with Gasteiger partial charge >= 0.3 is 0 Å². The van der Waals surface area contributed by atoms with Gasteiger partial charge < -0.3 is 0 Å². The molecular formula is C13H24N2. The lowest BCUT2D eigenvalue weighted by atomic mass is 9.82. The van der Waals surface area contributed by atoms with Crippen molar-refractivity contribution in [3.05, 3.63) is 0 Å². The average molecular weight is 208 g/mol. The van der Waals surface area contributed by atoms with Crippen LogP contribution in [0.4, 0.5) is 0 Å². The van der Waals surface area contributed by atoms with E-state index in [2.05, 4.69) is 38.7 Å². The van der Waals surface area contributed by atoms with Gasteiger partial charge in [-0.3, -0.25) is 4.90 Å². The standard InChI is InChI=1S/C13H24N2/c1-5-11(2)15-10-12(7-9-14)6-8-13(15,3)4/h11-12H,5-8,10H2,1-4H3. The van der Waals surface area contributed by atoms with Crippen LogP contribution in [0.2, 0.25) is 0 Å². The van der Waals surface area contributed by atoms with Crippen molar-refractivity contribution in [2.75, 3.05) is 6.54 Å². The molecule has 0 aromatic rings. The fourth-order valence-corrected chi connectivity index (χ4v) is 2.61. The van der Waals surface area contributed by atoms with Crippen LogP contribution in [0.3, 0.4) is 0 Å². The lowest BCUT2D eigenvalue weighted by molar-refractivity contribution is 0.0125. The monoisotopic (exact) mass is 208 g/mol. The minimum atomic E-state index is 0.321. The van der Waals surface area contributed by atoms with E-state index in [1.807, 2.05) is 0 Å². The minimum absolute atomic E-state index is 0.321. The second-order valence-electron chi connectivity index (χ2n) is 5.49. The second kappa shape index (κ2) is 4.99. The minimum Gasteiger partial charge on any atom is -0.295 e. The fraction of sp³-hybridized carbons (Fsp3) is 0.923. The van der Waals surface area contributed by atoms with Crippen molar-refractivity contribution in [3.8, 4) is 6.07 Å². The van der Waals surface area contributed by atoms with Crippen LogP contribution in [0, 0.1) is 17.2 Å². The summed E-state index contributed by atoms with van der Waals surface area (Å²) in [4.78, 5) is 2.60. The molecule has 1 fully saturated rings. The van der Waals surface area contributed by atoms with Gasteiger partial charge in [-0.25, -0.2) is 0 Å². The van der Waals surface area contributed by atoms with Gasteiger partial charge in [0.2, 0.25) is 0 Å². The average Bonchev–Trinajstić information content (AvgIpc) is 2.20. The first-order valence-corrected chi connectivity index (χ1v) is 6.15. The summed E-state index contributed by atoms with van der Waals surface area (Å²) in [7, 11) is 0. The van der Waals surface area contributed by atoms with Crippen molar-refractivity contribution in [1.82, 2.24) is 4.90 Å². The van der Waals surface area contributed by atoms with E-state index < -0.39 is 0 Å². The Bertz CT molecular complexity index is 239. The Morgan fingerprint density at radius 3 is 2.73 bits per heavy atom. The summed E-state index contributed by atoms with van der Waals surface area (Å²) in [6, 6.07) is 2.96. The van der Waals surface area contributed by atoms with Crippen LogP contribution in [0.15, 0.2) is 0 Å². The topological polar surface area (TPSA) is 27.0 Å². The Kier molecular flexibility index (Phi) is 4.16. The number of nitrogens with zero attached hydrogens (tertiary/aromatic N) is 2. The first-order chi connectivity index (χ1) is 7.01. The molecule has 2 atom stereocenters. The molecule has 1 rings (SSSR count). The molecule has 2 unspecified atom stereocenters. The highest BCUT2D eigenvalue weighted by atomic mass is 15.2. The number of hydrogen-bond acceptors (Lipinski definition) is 2. The quantitative estimate of drug-likeness (QED) is 0.712. The maximum Gasteiger partial charge on any atom is 0.0625 e. The summed E-state index contributed by atoms with van der Waals surface area (Å²) >= 11 is 0. The molecule has 2 heteroatoms. The normalized spacial score (nSPS) is 28.3. The van der Waals surface area contributed by atoms with E-state index in [9.17, 15) is 0 Å². The molecule has 1 aliphatic rings. The molecule has 86 valence electrons. The van der Waals surface area contributed by atoms with E-state index in [4.69, 9.17) is 5.26 Å². The van der Waals surface area contributed by atoms with Gasteiger partial charge in [0.25, 0.3) is 0 Å². The highest BCUT2D eigenvalue weighted by Gasteiger charge is 2.35. The fourth-order valence-electron chi connectivity index (χ4n) is 2.61. The first-order valence-electron chi connectivity index (χ1n) is 6.15. The largest absolute Gasteiger partial charge is 0.295 e. The summed E-state index contributed by atoms with van der Waals surface area (Å²) in [6.45, 7) is 10.3. The Labute approximate surface area is 94.3 Å². The maximum atomic E-state index is 8.76. The zero-order valence-corrected chi connectivity index (χ0v) is 10.6. The van der Waals surface area contributed by atoms with Crippen LogP contribution in [0.25, 0.3) is 0 Å². The number of hydrogen-bond donors (Lipinski definition) is 0. The van der Waals surface area contributed by atoms with E-state index >= 15 is 0 Å². The van der Waals surface area contributed by atoms with Gasteiger partial charge in [0.05, 0.1) is 6.07 Å². The molecule has 0 aromatic heterocycles. The second-order valence-corrected chi connectivity index (χ2v) is 5.49. The zero-order valence-electron chi connectivity index (χ0n) is 10.6. The lowest BCUT2D eigenvalue weighted by Crippen LogP contribution is -2.54. The number of likely N-dealkylation sites (tertiary alicyclic amines) is 1. The molecule has 1 heterocycles. The summed E-state index contributed by atoms with van der Waals surface area (Å²) in [5, 5.41) is 8.76.